The largest absolute Gasteiger partial charge is 0.504 e. The van der Waals surface area contributed by atoms with Crippen molar-refractivity contribution in [2.24, 2.45) is 17.8 Å². The van der Waals surface area contributed by atoms with Gasteiger partial charge in [-0.15, -0.1) is 0 Å². The van der Waals surface area contributed by atoms with Gasteiger partial charge >= 0.3 is 0 Å². The first-order valence-electron chi connectivity index (χ1n) is 11.7. The molecule has 9 heteroatoms. The van der Waals surface area contributed by atoms with Crippen molar-refractivity contribution in [3.05, 3.63) is 38.0 Å². The van der Waals surface area contributed by atoms with Gasteiger partial charge < -0.3 is 24.8 Å². The number of aliphatic hydroxyl groups is 2. The monoisotopic (exact) mass is 599 g/mol. The highest BCUT2D eigenvalue weighted by Crippen LogP contribution is 2.46. The van der Waals surface area contributed by atoms with Gasteiger partial charge in [-0.25, -0.2) is 0 Å². The van der Waals surface area contributed by atoms with Crippen LogP contribution in [-0.4, -0.2) is 72.6 Å². The first-order valence-corrected chi connectivity index (χ1v) is 12.8. The molecule has 1 fully saturated rings. The Labute approximate surface area is 219 Å². The molecular weight excluding hydrogens is 565 g/mol. The highest BCUT2D eigenvalue weighted by Gasteiger charge is 2.53. The number of carbonyl (C=O) groups excluding carboxylic acids is 2. The molecule has 3 N–H and O–H groups in total. The van der Waals surface area contributed by atoms with Crippen LogP contribution in [0.15, 0.2) is 28.9 Å². The topological polar surface area (TPSA) is 117 Å². The van der Waals surface area contributed by atoms with Crippen LogP contribution in [0.5, 0.6) is 11.5 Å². The molecule has 1 aromatic rings. The number of fused-ring (bicyclic) bond motifs is 1. The van der Waals surface area contributed by atoms with E-state index in [1.807, 2.05) is 19.1 Å². The predicted octanol–water partition coefficient (Wildman–Crippen LogP) is 3.13. The van der Waals surface area contributed by atoms with Crippen LogP contribution in [0, 0.1) is 21.3 Å². The summed E-state index contributed by atoms with van der Waals surface area (Å²) in [6.07, 6.45) is 3.26. The highest BCUT2D eigenvalue weighted by atomic mass is 127. The quantitative estimate of drug-likeness (QED) is 0.215. The molecule has 0 unspecified atom stereocenters. The Morgan fingerprint density at radius 2 is 2.00 bits per heavy atom. The van der Waals surface area contributed by atoms with Gasteiger partial charge in [0.2, 0.25) is 11.8 Å². The lowest BCUT2D eigenvalue weighted by molar-refractivity contribution is -0.138. The summed E-state index contributed by atoms with van der Waals surface area (Å²) < 4.78 is 11.3. The number of hydrogen-bond acceptors (Lipinski definition) is 7. The maximum atomic E-state index is 12.8. The Bertz CT molecular complexity index is 1030. The average Bonchev–Trinajstić information content (AvgIpc) is 3.06. The number of allylic oxidation sites excluding steroid dienone is 1. The van der Waals surface area contributed by atoms with Gasteiger partial charge in [0.05, 0.1) is 41.8 Å². The summed E-state index contributed by atoms with van der Waals surface area (Å²) in [4.78, 5) is 26.6. The van der Waals surface area contributed by atoms with Crippen LogP contribution in [0.3, 0.4) is 0 Å². The van der Waals surface area contributed by atoms with E-state index < -0.39 is 23.9 Å². The lowest BCUT2D eigenvalue weighted by Crippen LogP contribution is -2.39. The minimum absolute atomic E-state index is 0.104. The molecule has 1 heterocycles. The summed E-state index contributed by atoms with van der Waals surface area (Å²) in [6, 6.07) is 3.64. The molecule has 4 atom stereocenters. The van der Waals surface area contributed by atoms with Crippen LogP contribution in [0.2, 0.25) is 0 Å². The second kappa shape index (κ2) is 11.9. The molecule has 0 radical (unpaired) electrons. The molecule has 35 heavy (non-hydrogen) atoms. The number of rotatable bonds is 10. The summed E-state index contributed by atoms with van der Waals surface area (Å²) >= 11 is 2.06. The maximum Gasteiger partial charge on any atom is 0.233 e. The fourth-order valence-corrected chi connectivity index (χ4v) is 5.95. The van der Waals surface area contributed by atoms with E-state index in [1.54, 1.807) is 13.2 Å². The third kappa shape index (κ3) is 5.58. The minimum Gasteiger partial charge on any atom is -0.504 e. The molecule has 0 spiro atoms. The zero-order chi connectivity index (χ0) is 25.9. The van der Waals surface area contributed by atoms with Crippen LogP contribution >= 0.6 is 22.6 Å². The molecule has 8 nitrogen and oxygen atoms in total. The number of halogens is 1. The fourth-order valence-electron chi connectivity index (χ4n) is 5.32. The Balaban J connectivity index is 1.85. The number of hydrogen-bond donors (Lipinski definition) is 3. The molecule has 2 amide bonds. The second-order valence-corrected chi connectivity index (χ2v) is 10.3. The van der Waals surface area contributed by atoms with E-state index in [4.69, 9.17) is 9.47 Å². The van der Waals surface area contributed by atoms with Crippen molar-refractivity contribution < 1.29 is 34.4 Å². The van der Waals surface area contributed by atoms with Crippen molar-refractivity contribution in [1.29, 1.82) is 0 Å². The van der Waals surface area contributed by atoms with Gasteiger partial charge in [-0.05, 0) is 77.1 Å². The molecule has 0 aromatic heterocycles. The zero-order valence-corrected chi connectivity index (χ0v) is 22.7. The van der Waals surface area contributed by atoms with Gasteiger partial charge in [-0.2, -0.15) is 0 Å². The van der Waals surface area contributed by atoms with Crippen molar-refractivity contribution in [3.8, 4) is 11.5 Å². The molecule has 1 aromatic carbocycles. The van der Waals surface area contributed by atoms with E-state index in [9.17, 15) is 24.9 Å². The molecule has 1 aliphatic heterocycles. The van der Waals surface area contributed by atoms with Crippen molar-refractivity contribution in [3.63, 3.8) is 0 Å². The van der Waals surface area contributed by atoms with Gasteiger partial charge in [0.15, 0.2) is 11.5 Å². The minimum atomic E-state index is -0.878. The Morgan fingerprint density at radius 1 is 1.29 bits per heavy atom. The second-order valence-electron chi connectivity index (χ2n) is 9.12. The van der Waals surface area contributed by atoms with Gasteiger partial charge in [0.1, 0.15) is 0 Å². The Kier molecular flexibility index (Phi) is 9.36. The van der Waals surface area contributed by atoms with Crippen molar-refractivity contribution in [2.45, 2.75) is 38.7 Å². The summed E-state index contributed by atoms with van der Waals surface area (Å²) in [5.74, 6) is -1.84. The van der Waals surface area contributed by atoms with Crippen LogP contribution in [-0.2, 0) is 14.3 Å². The maximum absolute atomic E-state index is 12.8. The van der Waals surface area contributed by atoms with Crippen LogP contribution < -0.4 is 4.74 Å². The van der Waals surface area contributed by atoms with E-state index in [0.717, 1.165) is 28.0 Å². The number of nitrogens with zero attached hydrogens (tertiary/aromatic N) is 1. The zero-order valence-electron chi connectivity index (χ0n) is 20.6. The number of carbonyl (C=O) groups is 2. The highest BCUT2D eigenvalue weighted by molar-refractivity contribution is 14.1. The lowest BCUT2D eigenvalue weighted by atomic mass is 9.68. The summed E-state index contributed by atoms with van der Waals surface area (Å²) in [6.45, 7) is 1.95. The van der Waals surface area contributed by atoms with Crippen molar-refractivity contribution >= 4 is 40.5 Å². The fraction of sp³-hybridized carbons (Fsp3) is 0.538. The first-order chi connectivity index (χ1) is 16.7. The van der Waals surface area contributed by atoms with Crippen LogP contribution in [0.4, 0.5) is 0 Å². The molecule has 1 aliphatic carbocycles. The molecule has 0 bridgehead atoms. The van der Waals surface area contributed by atoms with E-state index in [0.29, 0.717) is 34.2 Å². The summed E-state index contributed by atoms with van der Waals surface area (Å²) in [5.41, 5.74) is 3.41. The number of aliphatic hydroxyl groups excluding tert-OH is 2. The average molecular weight is 599 g/mol. The van der Waals surface area contributed by atoms with Gasteiger partial charge in [0.25, 0.3) is 0 Å². The first kappa shape index (κ1) is 27.6. The van der Waals surface area contributed by atoms with E-state index in [1.165, 1.54) is 14.2 Å². The number of likely N-dealkylation sites (tertiary alicyclic amines) is 1. The van der Waals surface area contributed by atoms with Gasteiger partial charge in [-0.3, -0.25) is 14.5 Å². The predicted molar refractivity (Wildman–Crippen MR) is 140 cm³/mol. The van der Waals surface area contributed by atoms with E-state index in [-0.39, 0.29) is 30.8 Å². The number of methoxy groups -OCH3 is 2. The molecule has 2 aliphatic rings. The third-order valence-electron chi connectivity index (χ3n) is 7.11. The molecule has 1 saturated heterocycles. The number of aromatic hydroxyl groups is 1. The molecular formula is C26H34INO7. The lowest BCUT2D eigenvalue weighted by Gasteiger charge is -2.36. The smallest absolute Gasteiger partial charge is 0.233 e. The number of phenolic OH excluding ortho intramolecular Hbond substituents is 1. The molecule has 0 saturated carbocycles. The van der Waals surface area contributed by atoms with Crippen LogP contribution in [0.1, 0.15) is 38.2 Å². The summed E-state index contributed by atoms with van der Waals surface area (Å²) in [7, 11) is 4.53. The number of ether oxygens (including phenoxy) is 2. The Morgan fingerprint density at radius 3 is 2.60 bits per heavy atom. The van der Waals surface area contributed by atoms with Gasteiger partial charge in [0, 0.05) is 20.1 Å². The van der Waals surface area contributed by atoms with E-state index in [2.05, 4.69) is 22.6 Å². The standard InChI is InChI=1S/C26H34INO7/c1-5-14(8-15-9-19(27)24(31)21(10-15)35-4)6-7-20(30)22-16(13-34-3)11-17-23(18(22)12-29)26(33)28(2)25(17)32/h8-10,17-18,20,23,29-31H,5-7,11-13H2,1-4H3/b14-8+/t17-,18+,20-,23-/m1/s1. The SMILES string of the molecule is CC/C(=C\c1cc(I)c(O)c(OC)c1)CC[C@@H](O)C1=C(COC)C[C@H]2C(=O)N(C)C(=O)[C@H]2[C@H]1CO. The number of benzene rings is 1. The summed E-state index contributed by atoms with van der Waals surface area (Å²) in [5, 5.41) is 31.6. The van der Waals surface area contributed by atoms with Crippen molar-refractivity contribution in [1.82, 2.24) is 4.90 Å². The van der Waals surface area contributed by atoms with Crippen molar-refractivity contribution in [2.75, 3.05) is 34.5 Å². The molecule has 3 rings (SSSR count). The normalized spacial score (nSPS) is 23.7. The van der Waals surface area contributed by atoms with Crippen LogP contribution in [0.25, 0.3) is 6.08 Å². The molecule has 192 valence electrons. The third-order valence-corrected chi connectivity index (χ3v) is 7.94. The van der Waals surface area contributed by atoms with Gasteiger partial charge in [-0.1, -0.05) is 18.6 Å². The number of phenols is 1. The number of amides is 2. The number of imide groups is 1. The van der Waals surface area contributed by atoms with E-state index >= 15 is 0 Å². The Hall–Kier alpha value is -1.95.